The number of ketones is 1. The molecular formula is C28H25Cl2N3O4. The number of carbonyl (C=O) groups excluding carboxylic acids is 3. The Morgan fingerprint density at radius 2 is 1.68 bits per heavy atom. The van der Waals surface area contributed by atoms with Crippen LogP contribution in [0.4, 0.5) is 5.69 Å². The van der Waals surface area contributed by atoms with Gasteiger partial charge in [-0.15, -0.1) is 0 Å². The number of halogens is 2. The largest absolute Gasteiger partial charge is 0.464 e. The van der Waals surface area contributed by atoms with E-state index in [0.29, 0.717) is 17.8 Å². The van der Waals surface area contributed by atoms with E-state index >= 15 is 0 Å². The van der Waals surface area contributed by atoms with E-state index in [1.807, 2.05) is 37.3 Å². The lowest BCUT2D eigenvalue weighted by atomic mass is 9.68. The van der Waals surface area contributed by atoms with Crippen LogP contribution >= 0.6 is 23.2 Å². The molecular weight excluding hydrogens is 513 g/mol. The third kappa shape index (κ3) is 5.53. The molecule has 1 aliphatic carbocycles. The molecule has 0 aliphatic heterocycles. The number of pyridine rings is 1. The van der Waals surface area contributed by atoms with E-state index in [0.717, 1.165) is 11.1 Å². The van der Waals surface area contributed by atoms with E-state index in [1.165, 1.54) is 18.5 Å². The number of carbonyl (C=O) groups is 3. The van der Waals surface area contributed by atoms with Gasteiger partial charge in [0, 0.05) is 36.3 Å². The molecule has 1 amide bonds. The molecule has 1 heterocycles. The smallest absolute Gasteiger partial charge is 0.328 e. The molecule has 7 nitrogen and oxygen atoms in total. The molecule has 2 aromatic carbocycles. The van der Waals surface area contributed by atoms with Gasteiger partial charge in [0.25, 0.3) is 5.91 Å². The monoisotopic (exact) mass is 537 g/mol. The number of rotatable bonds is 9. The highest BCUT2D eigenvalue weighted by atomic mass is 35.5. The predicted molar refractivity (Wildman–Crippen MR) is 143 cm³/mol. The highest BCUT2D eigenvalue weighted by Gasteiger charge is 2.46. The molecule has 2 atom stereocenters. The van der Waals surface area contributed by atoms with Gasteiger partial charge in [0.1, 0.15) is 6.04 Å². The summed E-state index contributed by atoms with van der Waals surface area (Å²) in [6.07, 6.45) is 4.53. The van der Waals surface area contributed by atoms with Crippen molar-refractivity contribution in [3.05, 3.63) is 105 Å². The number of hydrogen-bond donors (Lipinski definition) is 2. The molecule has 190 valence electrons. The lowest BCUT2D eigenvalue weighted by Crippen LogP contribution is -2.52. The topological polar surface area (TPSA) is 97.4 Å². The molecule has 37 heavy (non-hydrogen) atoms. The first kappa shape index (κ1) is 26.4. The van der Waals surface area contributed by atoms with Crippen molar-refractivity contribution in [1.82, 2.24) is 10.3 Å². The zero-order valence-electron chi connectivity index (χ0n) is 20.3. The van der Waals surface area contributed by atoms with Gasteiger partial charge in [-0.3, -0.25) is 14.6 Å². The fourth-order valence-corrected chi connectivity index (χ4v) is 4.67. The number of nitrogens with one attached hydrogen (secondary N) is 2. The van der Waals surface area contributed by atoms with E-state index in [2.05, 4.69) is 15.6 Å². The first-order chi connectivity index (χ1) is 17.7. The molecule has 2 N–H and O–H groups in total. The quantitative estimate of drug-likeness (QED) is 0.367. The maximum Gasteiger partial charge on any atom is 0.328 e. The summed E-state index contributed by atoms with van der Waals surface area (Å²) in [6, 6.07) is 15.8. The zero-order valence-corrected chi connectivity index (χ0v) is 21.8. The summed E-state index contributed by atoms with van der Waals surface area (Å²) in [6.45, 7) is 3.82. The normalized spacial score (nSPS) is 17.3. The molecule has 1 unspecified atom stereocenters. The first-order valence-corrected chi connectivity index (χ1v) is 12.4. The Morgan fingerprint density at radius 1 is 1.03 bits per heavy atom. The van der Waals surface area contributed by atoms with E-state index < -0.39 is 23.3 Å². The van der Waals surface area contributed by atoms with Crippen LogP contribution in [0.5, 0.6) is 0 Å². The van der Waals surface area contributed by atoms with Gasteiger partial charge < -0.3 is 15.4 Å². The molecule has 0 fully saturated rings. The number of benzene rings is 2. The van der Waals surface area contributed by atoms with Crippen LogP contribution in [0.1, 0.15) is 35.3 Å². The van der Waals surface area contributed by atoms with Crippen LogP contribution in [0.3, 0.4) is 0 Å². The summed E-state index contributed by atoms with van der Waals surface area (Å²) in [5, 5.41) is 6.30. The number of amides is 1. The Labute approximate surface area is 224 Å². The van der Waals surface area contributed by atoms with Gasteiger partial charge in [-0.2, -0.15) is 0 Å². The van der Waals surface area contributed by atoms with Crippen molar-refractivity contribution < 1.29 is 19.1 Å². The van der Waals surface area contributed by atoms with E-state index in [9.17, 15) is 14.4 Å². The molecule has 0 saturated carbocycles. The fraction of sp³-hybridized carbons (Fsp3) is 0.214. The maximum absolute atomic E-state index is 12.8. The van der Waals surface area contributed by atoms with Crippen molar-refractivity contribution in [3.63, 3.8) is 0 Å². The van der Waals surface area contributed by atoms with Gasteiger partial charge in [-0.25, -0.2) is 4.79 Å². The Kier molecular flexibility index (Phi) is 7.95. The number of anilines is 1. The average Bonchev–Trinajstić information content (AvgIpc) is 2.89. The lowest BCUT2D eigenvalue weighted by molar-refractivity contribution is -0.145. The van der Waals surface area contributed by atoms with Gasteiger partial charge in [0.2, 0.25) is 0 Å². The molecule has 0 radical (unpaired) electrons. The molecule has 1 aromatic heterocycles. The summed E-state index contributed by atoms with van der Waals surface area (Å²) in [5.74, 6) is -0.908. The molecule has 0 spiro atoms. The minimum Gasteiger partial charge on any atom is -0.464 e. The molecule has 9 heteroatoms. The van der Waals surface area contributed by atoms with Gasteiger partial charge in [-0.1, -0.05) is 65.7 Å². The van der Waals surface area contributed by atoms with Crippen molar-refractivity contribution in [2.24, 2.45) is 0 Å². The maximum atomic E-state index is 12.8. The second-order valence-electron chi connectivity index (χ2n) is 8.70. The number of nitrogens with zero attached hydrogens (tertiary/aromatic N) is 1. The van der Waals surface area contributed by atoms with Crippen LogP contribution in [-0.4, -0.2) is 35.3 Å². The summed E-state index contributed by atoms with van der Waals surface area (Å²) >= 11 is 12.1. The third-order valence-corrected chi connectivity index (χ3v) is 6.86. The number of hydrogen-bond acceptors (Lipinski definition) is 6. The summed E-state index contributed by atoms with van der Waals surface area (Å²) < 4.78 is 5.29. The van der Waals surface area contributed by atoms with Gasteiger partial charge in [0.05, 0.1) is 27.6 Å². The second-order valence-corrected chi connectivity index (χ2v) is 9.51. The van der Waals surface area contributed by atoms with Gasteiger partial charge >= 0.3 is 5.97 Å². The highest BCUT2D eigenvalue weighted by molar-refractivity contribution is 6.40. The summed E-state index contributed by atoms with van der Waals surface area (Å²) in [4.78, 5) is 41.9. The first-order valence-electron chi connectivity index (χ1n) is 11.7. The Hall–Kier alpha value is -3.68. The Balaban J connectivity index is 1.49. The van der Waals surface area contributed by atoms with Crippen LogP contribution in [0.15, 0.2) is 78.8 Å². The van der Waals surface area contributed by atoms with Gasteiger partial charge in [-0.05, 0) is 37.1 Å². The number of allylic oxidation sites excluding steroid dienone is 2. The average molecular weight is 538 g/mol. The van der Waals surface area contributed by atoms with Crippen LogP contribution in [0, 0.1) is 0 Å². The second kappa shape index (κ2) is 11.2. The van der Waals surface area contributed by atoms with E-state index in [1.54, 1.807) is 31.2 Å². The number of ether oxygens (including phenoxy) is 1. The lowest BCUT2D eigenvalue weighted by Gasteiger charge is -2.39. The van der Waals surface area contributed by atoms with Crippen LogP contribution < -0.4 is 10.6 Å². The molecule has 1 aliphatic rings. The van der Waals surface area contributed by atoms with Gasteiger partial charge in [0.15, 0.2) is 5.78 Å². The van der Waals surface area contributed by atoms with Crippen molar-refractivity contribution in [2.75, 3.05) is 11.9 Å². The standard InChI is InChI=1S/C28H25Cl2N3O4/c1-3-37-27(36)22(33-23-14-24(34)28(23,2)18-7-5-4-6-8-18)13-17-9-11-19(12-10-17)32-26(35)25-20(29)15-31-16-21(25)30/h4-12,14-16,22,33H,3,13H2,1-2H3,(H,32,35)/t22-,28?/m0/s1. The number of esters is 1. The summed E-state index contributed by atoms with van der Waals surface area (Å²) in [7, 11) is 0. The highest BCUT2D eigenvalue weighted by Crippen LogP contribution is 2.39. The fourth-order valence-electron chi connectivity index (χ4n) is 4.14. The SMILES string of the molecule is CCOC(=O)[C@H](Cc1ccc(NC(=O)c2c(Cl)cncc2Cl)cc1)NC1=CC(=O)C1(C)c1ccccc1. The van der Waals surface area contributed by atoms with E-state index in [4.69, 9.17) is 27.9 Å². The third-order valence-electron chi connectivity index (χ3n) is 6.29. The van der Waals surface area contributed by atoms with Crippen LogP contribution in [-0.2, 0) is 26.2 Å². The molecule has 3 aromatic rings. The van der Waals surface area contributed by atoms with Crippen molar-refractivity contribution >= 4 is 46.5 Å². The zero-order chi connectivity index (χ0) is 26.6. The Bertz CT molecular complexity index is 1340. The Morgan fingerprint density at radius 3 is 2.27 bits per heavy atom. The minimum atomic E-state index is -0.852. The van der Waals surface area contributed by atoms with E-state index in [-0.39, 0.29) is 28.0 Å². The van der Waals surface area contributed by atoms with Crippen LogP contribution in [0.25, 0.3) is 0 Å². The minimum absolute atomic E-state index is 0.0293. The van der Waals surface area contributed by atoms with Crippen molar-refractivity contribution in [3.8, 4) is 0 Å². The molecule has 4 rings (SSSR count). The van der Waals surface area contributed by atoms with Crippen LogP contribution in [0.2, 0.25) is 10.0 Å². The summed E-state index contributed by atoms with van der Waals surface area (Å²) in [5.41, 5.74) is 2.16. The van der Waals surface area contributed by atoms with Crippen molar-refractivity contribution in [2.45, 2.75) is 31.7 Å². The van der Waals surface area contributed by atoms with Crippen molar-refractivity contribution in [1.29, 1.82) is 0 Å². The number of aromatic nitrogens is 1. The molecule has 0 saturated heterocycles. The molecule has 0 bridgehead atoms. The predicted octanol–water partition coefficient (Wildman–Crippen LogP) is 5.13.